The summed E-state index contributed by atoms with van der Waals surface area (Å²) in [5, 5.41) is 0.743. The molecule has 4 heteroatoms. The highest BCUT2D eigenvalue weighted by atomic mass is 79.9. The predicted molar refractivity (Wildman–Crippen MR) is 79.0 cm³/mol. The standard InChI is InChI=1S/C14H10BrClN2/c1-8-6-12-13(7-11(8)16)18-14(17-12)9-4-2-3-5-10(9)15/h2-7H,1H3,(H,17,18). The average Bonchev–Trinajstić information content (AvgIpc) is 2.73. The molecule has 3 rings (SSSR count). The first-order valence-electron chi connectivity index (χ1n) is 5.56. The summed E-state index contributed by atoms with van der Waals surface area (Å²) in [5.41, 5.74) is 3.98. The Morgan fingerprint density at radius 3 is 2.78 bits per heavy atom. The van der Waals surface area contributed by atoms with E-state index in [1.165, 1.54) is 0 Å². The van der Waals surface area contributed by atoms with Crippen LogP contribution >= 0.6 is 27.5 Å². The van der Waals surface area contributed by atoms with E-state index in [0.717, 1.165) is 37.5 Å². The third-order valence-electron chi connectivity index (χ3n) is 2.89. The lowest BCUT2D eigenvalue weighted by Crippen LogP contribution is -1.81. The largest absolute Gasteiger partial charge is 0.338 e. The molecule has 0 saturated carbocycles. The summed E-state index contributed by atoms with van der Waals surface area (Å²) in [6.07, 6.45) is 0. The number of H-pyrrole nitrogens is 1. The van der Waals surface area contributed by atoms with Gasteiger partial charge in [-0.05, 0) is 30.7 Å². The second-order valence-electron chi connectivity index (χ2n) is 4.18. The van der Waals surface area contributed by atoms with Crippen molar-refractivity contribution in [3.63, 3.8) is 0 Å². The molecule has 0 unspecified atom stereocenters. The molecule has 0 aliphatic carbocycles. The molecular formula is C14H10BrClN2. The molecule has 2 nitrogen and oxygen atoms in total. The van der Waals surface area contributed by atoms with Crippen LogP contribution in [-0.2, 0) is 0 Å². The Bertz CT molecular complexity index is 695. The van der Waals surface area contributed by atoms with Crippen molar-refractivity contribution in [2.24, 2.45) is 0 Å². The van der Waals surface area contributed by atoms with E-state index >= 15 is 0 Å². The fourth-order valence-corrected chi connectivity index (χ4v) is 2.55. The summed E-state index contributed by atoms with van der Waals surface area (Å²) in [6.45, 7) is 1.99. The minimum absolute atomic E-state index is 0.743. The SMILES string of the molecule is Cc1cc2[nH]c(-c3ccccc3Br)nc2cc1Cl. The Balaban J connectivity index is 2.23. The molecular weight excluding hydrogens is 312 g/mol. The van der Waals surface area contributed by atoms with Gasteiger partial charge in [0.25, 0.3) is 0 Å². The van der Waals surface area contributed by atoms with Crippen LogP contribution in [0.2, 0.25) is 5.02 Å². The van der Waals surface area contributed by atoms with Crippen molar-refractivity contribution in [3.05, 3.63) is 51.5 Å². The second-order valence-corrected chi connectivity index (χ2v) is 5.45. The van der Waals surface area contributed by atoms with Crippen LogP contribution in [0.5, 0.6) is 0 Å². The molecule has 1 N–H and O–H groups in total. The molecule has 1 aromatic heterocycles. The number of halogens is 2. The van der Waals surface area contributed by atoms with Gasteiger partial charge in [-0.15, -0.1) is 0 Å². The first-order valence-corrected chi connectivity index (χ1v) is 6.73. The van der Waals surface area contributed by atoms with Crippen molar-refractivity contribution >= 4 is 38.6 Å². The third-order valence-corrected chi connectivity index (χ3v) is 3.99. The molecule has 0 fully saturated rings. The van der Waals surface area contributed by atoms with Crippen molar-refractivity contribution in [1.82, 2.24) is 9.97 Å². The van der Waals surface area contributed by atoms with E-state index in [9.17, 15) is 0 Å². The zero-order valence-corrected chi connectivity index (χ0v) is 12.0. The lowest BCUT2D eigenvalue weighted by molar-refractivity contribution is 1.33. The molecule has 0 amide bonds. The normalized spacial score (nSPS) is 11.1. The molecule has 90 valence electrons. The van der Waals surface area contributed by atoms with Gasteiger partial charge < -0.3 is 4.98 Å². The zero-order chi connectivity index (χ0) is 12.7. The van der Waals surface area contributed by atoms with Gasteiger partial charge in [0.2, 0.25) is 0 Å². The first-order chi connectivity index (χ1) is 8.65. The molecule has 0 radical (unpaired) electrons. The van der Waals surface area contributed by atoms with Crippen molar-refractivity contribution in [1.29, 1.82) is 0 Å². The van der Waals surface area contributed by atoms with Gasteiger partial charge in [0, 0.05) is 15.1 Å². The summed E-state index contributed by atoms with van der Waals surface area (Å²) < 4.78 is 1.02. The summed E-state index contributed by atoms with van der Waals surface area (Å²) >= 11 is 9.64. The number of rotatable bonds is 1. The maximum absolute atomic E-state index is 6.11. The van der Waals surface area contributed by atoms with Gasteiger partial charge in [0.1, 0.15) is 5.82 Å². The Morgan fingerprint density at radius 1 is 1.22 bits per heavy atom. The number of aromatic amines is 1. The topological polar surface area (TPSA) is 28.7 Å². The summed E-state index contributed by atoms with van der Waals surface area (Å²) in [7, 11) is 0. The Kier molecular flexibility index (Phi) is 2.88. The van der Waals surface area contributed by atoms with Crippen LogP contribution in [0.25, 0.3) is 22.4 Å². The molecule has 1 heterocycles. The Hall–Kier alpha value is -1.32. The van der Waals surface area contributed by atoms with E-state index < -0.39 is 0 Å². The van der Waals surface area contributed by atoms with E-state index in [2.05, 4.69) is 25.9 Å². The molecule has 3 aromatic rings. The number of aromatic nitrogens is 2. The summed E-state index contributed by atoms with van der Waals surface area (Å²) in [4.78, 5) is 7.90. The highest BCUT2D eigenvalue weighted by molar-refractivity contribution is 9.10. The first kappa shape index (κ1) is 11.8. The minimum Gasteiger partial charge on any atom is -0.338 e. The number of nitrogens with one attached hydrogen (secondary N) is 1. The lowest BCUT2D eigenvalue weighted by atomic mass is 10.2. The molecule has 0 bridgehead atoms. The highest BCUT2D eigenvalue weighted by Crippen LogP contribution is 2.29. The molecule has 2 aromatic carbocycles. The van der Waals surface area contributed by atoms with Gasteiger partial charge in [0.15, 0.2) is 0 Å². The molecule has 0 aliphatic heterocycles. The van der Waals surface area contributed by atoms with E-state index in [4.69, 9.17) is 11.6 Å². The van der Waals surface area contributed by atoms with Crippen LogP contribution < -0.4 is 0 Å². The van der Waals surface area contributed by atoms with Gasteiger partial charge in [-0.2, -0.15) is 0 Å². The smallest absolute Gasteiger partial charge is 0.139 e. The van der Waals surface area contributed by atoms with Crippen molar-refractivity contribution in [2.75, 3.05) is 0 Å². The average molecular weight is 322 g/mol. The van der Waals surface area contributed by atoms with Crippen LogP contribution in [-0.4, -0.2) is 9.97 Å². The maximum atomic E-state index is 6.11. The number of hydrogen-bond donors (Lipinski definition) is 1. The van der Waals surface area contributed by atoms with Crippen LogP contribution in [0.1, 0.15) is 5.56 Å². The monoisotopic (exact) mass is 320 g/mol. The second kappa shape index (κ2) is 4.41. The number of nitrogens with zero attached hydrogens (tertiary/aromatic N) is 1. The van der Waals surface area contributed by atoms with Gasteiger partial charge in [0.05, 0.1) is 11.0 Å². The van der Waals surface area contributed by atoms with E-state index in [-0.39, 0.29) is 0 Å². The summed E-state index contributed by atoms with van der Waals surface area (Å²) in [6, 6.07) is 11.9. The number of hydrogen-bond acceptors (Lipinski definition) is 1. The highest BCUT2D eigenvalue weighted by Gasteiger charge is 2.09. The van der Waals surface area contributed by atoms with Gasteiger partial charge in [-0.1, -0.05) is 45.7 Å². The fraction of sp³-hybridized carbons (Fsp3) is 0.0714. The van der Waals surface area contributed by atoms with Crippen LogP contribution in [0.15, 0.2) is 40.9 Å². The number of benzene rings is 2. The van der Waals surface area contributed by atoms with Gasteiger partial charge in [-0.3, -0.25) is 0 Å². The van der Waals surface area contributed by atoms with E-state index in [0.29, 0.717) is 0 Å². The zero-order valence-electron chi connectivity index (χ0n) is 9.67. The van der Waals surface area contributed by atoms with E-state index in [1.54, 1.807) is 0 Å². The Labute approximate surface area is 118 Å². The fourth-order valence-electron chi connectivity index (χ4n) is 1.92. The number of fused-ring (bicyclic) bond motifs is 1. The Morgan fingerprint density at radius 2 is 2.00 bits per heavy atom. The number of imidazole rings is 1. The molecule has 0 saturated heterocycles. The third kappa shape index (κ3) is 1.93. The maximum Gasteiger partial charge on any atom is 0.139 e. The molecule has 0 aliphatic rings. The van der Waals surface area contributed by atoms with Gasteiger partial charge >= 0.3 is 0 Å². The minimum atomic E-state index is 0.743. The van der Waals surface area contributed by atoms with Gasteiger partial charge in [-0.25, -0.2) is 4.98 Å². The van der Waals surface area contributed by atoms with E-state index in [1.807, 2.05) is 43.3 Å². The quantitative estimate of drug-likeness (QED) is 0.674. The van der Waals surface area contributed by atoms with Crippen LogP contribution in [0.4, 0.5) is 0 Å². The summed E-state index contributed by atoms with van der Waals surface area (Å²) in [5.74, 6) is 0.846. The van der Waals surface area contributed by atoms with Crippen molar-refractivity contribution in [3.8, 4) is 11.4 Å². The molecule has 18 heavy (non-hydrogen) atoms. The predicted octanol–water partition coefficient (Wildman–Crippen LogP) is 4.95. The van der Waals surface area contributed by atoms with Crippen LogP contribution in [0.3, 0.4) is 0 Å². The van der Waals surface area contributed by atoms with Crippen molar-refractivity contribution in [2.45, 2.75) is 6.92 Å². The molecule has 0 spiro atoms. The van der Waals surface area contributed by atoms with Crippen molar-refractivity contribution < 1.29 is 0 Å². The molecule has 0 atom stereocenters. The van der Waals surface area contributed by atoms with Crippen LogP contribution in [0, 0.1) is 6.92 Å². The lowest BCUT2D eigenvalue weighted by Gasteiger charge is -1.98. The number of aryl methyl sites for hydroxylation is 1.